The van der Waals surface area contributed by atoms with E-state index in [1.165, 1.54) is 35.8 Å². The highest BCUT2D eigenvalue weighted by Crippen LogP contribution is 2.25. The lowest BCUT2D eigenvalue weighted by Gasteiger charge is -2.38. The van der Waals surface area contributed by atoms with Gasteiger partial charge < -0.3 is 14.5 Å². The van der Waals surface area contributed by atoms with E-state index in [1.54, 1.807) is 30.3 Å². The summed E-state index contributed by atoms with van der Waals surface area (Å²) in [6.07, 6.45) is 0.268. The molecule has 1 aliphatic rings. The van der Waals surface area contributed by atoms with Gasteiger partial charge >= 0.3 is 0 Å². The molecule has 0 radical (unpaired) electrons. The first-order valence-corrected chi connectivity index (χ1v) is 13.0. The molecule has 1 fully saturated rings. The number of hydrogen-bond donors (Lipinski definition) is 1. The predicted molar refractivity (Wildman–Crippen MR) is 145 cm³/mol. The molecule has 1 N–H and O–H groups in total. The average Bonchev–Trinajstić information content (AvgIpc) is 2.96. The van der Waals surface area contributed by atoms with Crippen LogP contribution in [0.3, 0.4) is 0 Å². The lowest BCUT2D eigenvalue weighted by atomic mass is 10.0. The Morgan fingerprint density at radius 1 is 0.902 bits per heavy atom. The van der Waals surface area contributed by atoms with Gasteiger partial charge in [0.05, 0.1) is 16.6 Å². The number of aromatic nitrogens is 2. The van der Waals surface area contributed by atoms with Gasteiger partial charge in [-0.1, -0.05) is 24.3 Å². The Kier molecular flexibility index (Phi) is 7.53. The molecule has 1 aromatic heterocycles. The van der Waals surface area contributed by atoms with Crippen molar-refractivity contribution in [1.82, 2.24) is 20.0 Å². The molecular weight excluding hydrogens is 537 g/mol. The van der Waals surface area contributed by atoms with Crippen LogP contribution in [-0.4, -0.2) is 63.6 Å². The van der Waals surface area contributed by atoms with Gasteiger partial charge in [-0.15, -0.1) is 0 Å². The van der Waals surface area contributed by atoms with Gasteiger partial charge in [0.2, 0.25) is 0 Å². The Hall–Kier alpha value is -4.67. The number of nitrogens with zero attached hydrogens (tertiary/aromatic N) is 3. The first-order chi connectivity index (χ1) is 19.5. The molecule has 0 saturated carbocycles. The average molecular weight is 565 g/mol. The molecule has 2 heterocycles. The van der Waals surface area contributed by atoms with Crippen molar-refractivity contribution < 1.29 is 27.5 Å². The zero-order chi connectivity index (χ0) is 29.3. The molecule has 2 amide bonds. The van der Waals surface area contributed by atoms with E-state index in [-0.39, 0.29) is 49.5 Å². The minimum atomic E-state index is -1.45. The number of nitrogens with one attached hydrogen (secondary N) is 1. The summed E-state index contributed by atoms with van der Waals surface area (Å²) >= 11 is 0. The van der Waals surface area contributed by atoms with Gasteiger partial charge in [-0.2, -0.15) is 5.10 Å². The Labute approximate surface area is 233 Å². The summed E-state index contributed by atoms with van der Waals surface area (Å²) in [5.74, 6) is -3.55. The summed E-state index contributed by atoms with van der Waals surface area (Å²) in [7, 11) is 0. The molecular formula is C30H27F3N4O4. The second kappa shape index (κ2) is 11.1. The summed E-state index contributed by atoms with van der Waals surface area (Å²) in [5.41, 5.74) is -0.644. The topological polar surface area (TPSA) is 95.6 Å². The fraction of sp³-hybridized carbons (Fsp3) is 0.267. The highest BCUT2D eigenvalue weighted by Gasteiger charge is 2.37. The van der Waals surface area contributed by atoms with Gasteiger partial charge in [0.25, 0.3) is 17.4 Å². The first-order valence-electron chi connectivity index (χ1n) is 13.0. The summed E-state index contributed by atoms with van der Waals surface area (Å²) in [6.45, 7) is 3.60. The third-order valence-corrected chi connectivity index (χ3v) is 7.04. The van der Waals surface area contributed by atoms with Crippen LogP contribution in [0.15, 0.2) is 65.5 Å². The number of rotatable bonds is 6. The maximum Gasteiger partial charge on any atom is 0.272 e. The Morgan fingerprint density at radius 2 is 1.59 bits per heavy atom. The fourth-order valence-electron chi connectivity index (χ4n) is 4.89. The maximum absolute atomic E-state index is 14.8. The van der Waals surface area contributed by atoms with Gasteiger partial charge in [-0.25, -0.2) is 18.3 Å². The summed E-state index contributed by atoms with van der Waals surface area (Å²) < 4.78 is 47.7. The number of hydrogen-bond acceptors (Lipinski definition) is 5. The van der Waals surface area contributed by atoms with E-state index < -0.39 is 34.9 Å². The van der Waals surface area contributed by atoms with Gasteiger partial charge in [0.15, 0.2) is 17.2 Å². The number of aromatic amines is 1. The number of halogens is 3. The van der Waals surface area contributed by atoms with Crippen molar-refractivity contribution in [1.29, 1.82) is 0 Å². The van der Waals surface area contributed by atoms with Crippen LogP contribution in [0.1, 0.15) is 35.5 Å². The first kappa shape index (κ1) is 27.9. The minimum Gasteiger partial charge on any atom is -0.475 e. The van der Waals surface area contributed by atoms with Crippen molar-refractivity contribution in [3.05, 3.63) is 105 Å². The van der Waals surface area contributed by atoms with Crippen molar-refractivity contribution in [2.75, 3.05) is 26.2 Å². The molecule has 8 nitrogen and oxygen atoms in total. The second-order valence-electron chi connectivity index (χ2n) is 10.3. The number of benzene rings is 3. The number of piperazine rings is 1. The zero-order valence-corrected chi connectivity index (χ0v) is 22.4. The van der Waals surface area contributed by atoms with Crippen LogP contribution in [0.2, 0.25) is 0 Å². The second-order valence-corrected chi connectivity index (χ2v) is 10.3. The van der Waals surface area contributed by atoms with Crippen molar-refractivity contribution in [2.24, 2.45) is 0 Å². The van der Waals surface area contributed by atoms with Gasteiger partial charge in [0, 0.05) is 44.1 Å². The van der Waals surface area contributed by atoms with Crippen LogP contribution in [-0.2, 0) is 11.2 Å². The molecule has 0 bridgehead atoms. The third-order valence-electron chi connectivity index (χ3n) is 7.04. The monoisotopic (exact) mass is 564 g/mol. The quantitative estimate of drug-likeness (QED) is 0.381. The highest BCUT2D eigenvalue weighted by molar-refractivity contribution is 5.95. The van der Waals surface area contributed by atoms with Crippen LogP contribution in [0, 0.1) is 17.5 Å². The number of amides is 2. The van der Waals surface area contributed by atoms with Crippen molar-refractivity contribution in [2.45, 2.75) is 25.9 Å². The molecule has 11 heteroatoms. The summed E-state index contributed by atoms with van der Waals surface area (Å²) in [6, 6.07) is 14.1. The van der Waals surface area contributed by atoms with Crippen molar-refractivity contribution in [3.63, 3.8) is 0 Å². The predicted octanol–water partition coefficient (Wildman–Crippen LogP) is 4.07. The molecule has 0 atom stereocenters. The van der Waals surface area contributed by atoms with Crippen molar-refractivity contribution >= 4 is 22.6 Å². The number of carbonyl (C=O) groups excluding carboxylic acids is 2. The third kappa shape index (κ3) is 5.79. The molecule has 1 aliphatic heterocycles. The van der Waals surface area contributed by atoms with E-state index in [4.69, 9.17) is 4.74 Å². The van der Waals surface area contributed by atoms with Crippen LogP contribution < -0.4 is 10.3 Å². The largest absolute Gasteiger partial charge is 0.475 e. The SMILES string of the molecule is CC(C)(Oc1ccc(F)cc1F)C(=O)N1CCN(C(=O)c2cc(Cc3n[nH]c(=O)c4ccccc34)ccc2F)CC1. The van der Waals surface area contributed by atoms with Crippen LogP contribution in [0.4, 0.5) is 13.2 Å². The Balaban J connectivity index is 1.26. The van der Waals surface area contributed by atoms with Crippen LogP contribution >= 0.6 is 0 Å². The highest BCUT2D eigenvalue weighted by atomic mass is 19.1. The normalized spacial score (nSPS) is 13.9. The van der Waals surface area contributed by atoms with Crippen LogP contribution in [0.25, 0.3) is 10.8 Å². The van der Waals surface area contributed by atoms with Crippen molar-refractivity contribution in [3.8, 4) is 5.75 Å². The lowest BCUT2D eigenvalue weighted by Crippen LogP contribution is -2.56. The van der Waals surface area contributed by atoms with E-state index in [0.717, 1.165) is 12.1 Å². The van der Waals surface area contributed by atoms with E-state index >= 15 is 0 Å². The molecule has 0 spiro atoms. The molecule has 0 unspecified atom stereocenters. The van der Waals surface area contributed by atoms with E-state index in [2.05, 4.69) is 10.2 Å². The van der Waals surface area contributed by atoms with Gasteiger partial charge in [-0.05, 0) is 49.7 Å². The standard InChI is InChI=1S/C30H27F3N4O4/c1-30(2,41-26-10-8-19(31)17-24(26)33)29(40)37-13-11-36(12-14-37)28(39)22-15-18(7-9-23(22)32)16-25-20-5-3-4-6-21(20)27(38)35-34-25/h3-10,15,17H,11-14,16H2,1-2H3,(H,35,38). The van der Waals surface area contributed by atoms with E-state index in [0.29, 0.717) is 28.1 Å². The summed E-state index contributed by atoms with van der Waals surface area (Å²) in [5, 5.41) is 7.79. The van der Waals surface area contributed by atoms with E-state index in [9.17, 15) is 27.6 Å². The molecule has 0 aliphatic carbocycles. The van der Waals surface area contributed by atoms with Gasteiger partial charge in [-0.3, -0.25) is 14.4 Å². The zero-order valence-electron chi connectivity index (χ0n) is 22.4. The molecule has 5 rings (SSSR count). The molecule has 41 heavy (non-hydrogen) atoms. The number of carbonyl (C=O) groups is 2. The number of H-pyrrole nitrogens is 1. The molecule has 4 aromatic rings. The number of fused-ring (bicyclic) bond motifs is 1. The Bertz CT molecular complexity index is 1700. The maximum atomic E-state index is 14.8. The van der Waals surface area contributed by atoms with E-state index in [1.807, 2.05) is 0 Å². The molecule has 1 saturated heterocycles. The smallest absolute Gasteiger partial charge is 0.272 e. The number of ether oxygens (including phenoxy) is 1. The summed E-state index contributed by atoms with van der Waals surface area (Å²) in [4.78, 5) is 41.5. The van der Waals surface area contributed by atoms with Crippen LogP contribution in [0.5, 0.6) is 5.75 Å². The molecule has 3 aromatic carbocycles. The minimum absolute atomic E-state index is 0.105. The lowest BCUT2D eigenvalue weighted by molar-refractivity contribution is -0.147. The molecule has 212 valence electrons. The van der Waals surface area contributed by atoms with Gasteiger partial charge in [0.1, 0.15) is 11.6 Å². The Morgan fingerprint density at radius 3 is 2.29 bits per heavy atom. The fourth-order valence-corrected chi connectivity index (χ4v) is 4.89.